The highest BCUT2D eigenvalue weighted by atomic mass is 79.9. The zero-order valence-electron chi connectivity index (χ0n) is 11.9. The van der Waals surface area contributed by atoms with Crippen LogP contribution in [0.2, 0.25) is 0 Å². The van der Waals surface area contributed by atoms with Crippen molar-refractivity contribution < 1.29 is 14.4 Å². The summed E-state index contributed by atoms with van der Waals surface area (Å²) in [6.07, 6.45) is 0. The van der Waals surface area contributed by atoms with Gasteiger partial charge in [0.15, 0.2) is 6.61 Å². The SMILES string of the molecule is C/C(=N\OC(=O)COc1c(C)cc(Br)cc1Br)c1cccs1. The topological polar surface area (TPSA) is 47.9 Å². The van der Waals surface area contributed by atoms with E-state index in [0.29, 0.717) is 11.5 Å². The number of aryl methyl sites for hydroxylation is 1. The van der Waals surface area contributed by atoms with Crippen LogP contribution in [0.4, 0.5) is 0 Å². The fraction of sp³-hybridized carbons (Fsp3) is 0.200. The van der Waals surface area contributed by atoms with Crippen molar-refractivity contribution in [3.63, 3.8) is 0 Å². The molecular formula is C15H13Br2NO3S. The van der Waals surface area contributed by atoms with Gasteiger partial charge in [-0.1, -0.05) is 27.2 Å². The molecule has 7 heteroatoms. The van der Waals surface area contributed by atoms with Crippen LogP contribution < -0.4 is 4.74 Å². The van der Waals surface area contributed by atoms with Gasteiger partial charge in [-0.15, -0.1) is 11.3 Å². The molecule has 0 saturated heterocycles. The average Bonchev–Trinajstić information content (AvgIpc) is 2.97. The summed E-state index contributed by atoms with van der Waals surface area (Å²) < 4.78 is 7.20. The number of hydrogen-bond acceptors (Lipinski definition) is 5. The largest absolute Gasteiger partial charge is 0.480 e. The zero-order chi connectivity index (χ0) is 16.1. The van der Waals surface area contributed by atoms with E-state index in [4.69, 9.17) is 9.57 Å². The second-order valence-electron chi connectivity index (χ2n) is 4.44. The number of rotatable bonds is 5. The number of carbonyl (C=O) groups is 1. The van der Waals surface area contributed by atoms with E-state index in [1.165, 1.54) is 11.3 Å². The monoisotopic (exact) mass is 445 g/mol. The molecule has 0 bridgehead atoms. The van der Waals surface area contributed by atoms with Crippen LogP contribution >= 0.6 is 43.2 Å². The number of carbonyl (C=O) groups excluding carboxylic acids is 1. The second kappa shape index (κ2) is 7.89. The number of hydrogen-bond donors (Lipinski definition) is 0. The third kappa shape index (κ3) is 4.66. The Morgan fingerprint density at radius 1 is 1.36 bits per heavy atom. The van der Waals surface area contributed by atoms with Crippen LogP contribution in [0.3, 0.4) is 0 Å². The number of ether oxygens (including phenoxy) is 1. The standard InChI is InChI=1S/C15H13Br2NO3S/c1-9-6-11(16)7-12(17)15(9)20-8-14(19)21-18-10(2)13-4-3-5-22-13/h3-7H,8H2,1-2H3/b18-10+. The minimum Gasteiger partial charge on any atom is -0.480 e. The number of benzene rings is 1. The molecule has 0 aliphatic carbocycles. The Labute approximate surface area is 149 Å². The molecule has 0 saturated carbocycles. The molecule has 0 unspecified atom stereocenters. The van der Waals surface area contributed by atoms with Gasteiger partial charge < -0.3 is 9.57 Å². The van der Waals surface area contributed by atoms with Crippen molar-refractivity contribution in [2.45, 2.75) is 13.8 Å². The van der Waals surface area contributed by atoms with E-state index in [2.05, 4.69) is 37.0 Å². The lowest BCUT2D eigenvalue weighted by Crippen LogP contribution is -2.14. The summed E-state index contributed by atoms with van der Waals surface area (Å²) in [6.45, 7) is 3.48. The molecule has 0 aliphatic heterocycles. The fourth-order valence-electron chi connectivity index (χ4n) is 1.68. The van der Waals surface area contributed by atoms with E-state index in [9.17, 15) is 4.79 Å². The van der Waals surface area contributed by atoms with E-state index in [-0.39, 0.29) is 6.61 Å². The van der Waals surface area contributed by atoms with Crippen molar-refractivity contribution in [3.8, 4) is 5.75 Å². The van der Waals surface area contributed by atoms with Gasteiger partial charge in [-0.25, -0.2) is 4.79 Å². The molecule has 1 aromatic heterocycles. The molecule has 0 amide bonds. The lowest BCUT2D eigenvalue weighted by molar-refractivity contribution is -0.146. The van der Waals surface area contributed by atoms with Gasteiger partial charge in [0, 0.05) is 4.47 Å². The quantitative estimate of drug-likeness (QED) is 0.371. The molecule has 1 aromatic carbocycles. The summed E-state index contributed by atoms with van der Waals surface area (Å²) in [4.78, 5) is 17.5. The van der Waals surface area contributed by atoms with Crippen molar-refractivity contribution in [1.29, 1.82) is 0 Å². The molecule has 0 fully saturated rings. The first-order valence-electron chi connectivity index (χ1n) is 6.34. The van der Waals surface area contributed by atoms with Gasteiger partial charge in [-0.3, -0.25) is 0 Å². The molecule has 0 spiro atoms. The maximum atomic E-state index is 11.7. The Kier molecular flexibility index (Phi) is 6.16. The van der Waals surface area contributed by atoms with Crippen LogP contribution in [0.25, 0.3) is 0 Å². The lowest BCUT2D eigenvalue weighted by atomic mass is 10.2. The Hall–Kier alpha value is -1.18. The van der Waals surface area contributed by atoms with Gasteiger partial charge in [-0.05, 0) is 58.9 Å². The van der Waals surface area contributed by atoms with E-state index < -0.39 is 5.97 Å². The fourth-order valence-corrected chi connectivity index (χ4v) is 3.90. The number of oxime groups is 1. The Balaban J connectivity index is 1.92. The van der Waals surface area contributed by atoms with Crippen molar-refractivity contribution in [2.24, 2.45) is 5.16 Å². The van der Waals surface area contributed by atoms with Crippen LogP contribution in [0.5, 0.6) is 5.75 Å². The van der Waals surface area contributed by atoms with Crippen LogP contribution in [-0.2, 0) is 9.63 Å². The first kappa shape index (κ1) is 17.2. The average molecular weight is 447 g/mol. The second-order valence-corrected chi connectivity index (χ2v) is 7.16. The third-order valence-electron chi connectivity index (χ3n) is 2.69. The van der Waals surface area contributed by atoms with Gasteiger partial charge in [0.1, 0.15) is 5.75 Å². The molecule has 0 aliphatic rings. The molecule has 2 aromatic rings. The summed E-state index contributed by atoms with van der Waals surface area (Å²) in [6, 6.07) is 7.59. The van der Waals surface area contributed by atoms with Crippen molar-refractivity contribution in [3.05, 3.63) is 49.0 Å². The van der Waals surface area contributed by atoms with Gasteiger partial charge in [0.05, 0.1) is 15.1 Å². The molecule has 0 atom stereocenters. The molecule has 22 heavy (non-hydrogen) atoms. The molecule has 1 heterocycles. The molecule has 0 radical (unpaired) electrons. The normalized spacial score (nSPS) is 11.4. The Morgan fingerprint density at radius 3 is 2.77 bits per heavy atom. The van der Waals surface area contributed by atoms with Gasteiger partial charge >= 0.3 is 5.97 Å². The van der Waals surface area contributed by atoms with Crippen molar-refractivity contribution in [2.75, 3.05) is 6.61 Å². The summed E-state index contributed by atoms with van der Waals surface area (Å²) in [5.41, 5.74) is 1.57. The molecule has 4 nitrogen and oxygen atoms in total. The predicted molar refractivity (Wildman–Crippen MR) is 94.7 cm³/mol. The van der Waals surface area contributed by atoms with Crippen LogP contribution in [-0.4, -0.2) is 18.3 Å². The predicted octanol–water partition coefficient (Wildman–Crippen LogP) is 4.93. The van der Waals surface area contributed by atoms with Gasteiger partial charge in [-0.2, -0.15) is 0 Å². The summed E-state index contributed by atoms with van der Waals surface area (Å²) in [5, 5.41) is 5.75. The molecule has 0 N–H and O–H groups in total. The molecular weight excluding hydrogens is 434 g/mol. The summed E-state index contributed by atoms with van der Waals surface area (Å²) in [7, 11) is 0. The Bertz CT molecular complexity index is 676. The van der Waals surface area contributed by atoms with E-state index in [1.807, 2.05) is 36.6 Å². The highest BCUT2D eigenvalue weighted by Gasteiger charge is 2.11. The van der Waals surface area contributed by atoms with E-state index in [0.717, 1.165) is 19.4 Å². The Morgan fingerprint density at radius 2 is 2.14 bits per heavy atom. The van der Waals surface area contributed by atoms with Crippen molar-refractivity contribution >= 4 is 54.9 Å². The van der Waals surface area contributed by atoms with E-state index >= 15 is 0 Å². The minimum absolute atomic E-state index is 0.206. The van der Waals surface area contributed by atoms with Crippen LogP contribution in [0.15, 0.2) is 43.7 Å². The van der Waals surface area contributed by atoms with Crippen molar-refractivity contribution in [1.82, 2.24) is 0 Å². The summed E-state index contributed by atoms with van der Waals surface area (Å²) >= 11 is 8.33. The lowest BCUT2D eigenvalue weighted by Gasteiger charge is -2.10. The van der Waals surface area contributed by atoms with Crippen LogP contribution in [0.1, 0.15) is 17.4 Å². The molecule has 116 valence electrons. The first-order chi connectivity index (χ1) is 10.5. The number of halogens is 2. The number of thiophene rings is 1. The maximum Gasteiger partial charge on any atom is 0.372 e. The number of nitrogens with zero attached hydrogens (tertiary/aromatic N) is 1. The minimum atomic E-state index is -0.551. The maximum absolute atomic E-state index is 11.7. The highest BCUT2D eigenvalue weighted by Crippen LogP contribution is 2.32. The highest BCUT2D eigenvalue weighted by molar-refractivity contribution is 9.11. The van der Waals surface area contributed by atoms with Gasteiger partial charge in [0.25, 0.3) is 0 Å². The van der Waals surface area contributed by atoms with Crippen LogP contribution in [0, 0.1) is 6.92 Å². The zero-order valence-corrected chi connectivity index (χ0v) is 15.9. The first-order valence-corrected chi connectivity index (χ1v) is 8.80. The van der Waals surface area contributed by atoms with E-state index in [1.54, 1.807) is 6.92 Å². The molecule has 2 rings (SSSR count). The van der Waals surface area contributed by atoms with Gasteiger partial charge in [0.2, 0.25) is 0 Å². The smallest absolute Gasteiger partial charge is 0.372 e. The summed E-state index contributed by atoms with van der Waals surface area (Å²) in [5.74, 6) is 0.0595. The third-order valence-corrected chi connectivity index (χ3v) is 4.72.